The summed E-state index contributed by atoms with van der Waals surface area (Å²) in [4.78, 5) is 2.19. The topological polar surface area (TPSA) is 15.3 Å². The van der Waals surface area contributed by atoms with E-state index in [0.717, 1.165) is 19.6 Å². The maximum absolute atomic E-state index is 5.75. The van der Waals surface area contributed by atoms with Crippen molar-refractivity contribution in [1.29, 1.82) is 0 Å². The van der Waals surface area contributed by atoms with Gasteiger partial charge in [0.2, 0.25) is 0 Å². The number of hydrogen-bond donors (Lipinski definition) is 1. The van der Waals surface area contributed by atoms with Gasteiger partial charge in [0, 0.05) is 11.9 Å². The van der Waals surface area contributed by atoms with E-state index in [2.05, 4.69) is 24.3 Å². The lowest BCUT2D eigenvalue weighted by Crippen LogP contribution is -2.25. The second kappa shape index (κ2) is 6.89. The zero-order valence-corrected chi connectivity index (χ0v) is 8.49. The molecule has 0 amide bonds. The fraction of sp³-hybridized carbons (Fsp3) is 1.00. The molecule has 0 radical (unpaired) electrons. The lowest BCUT2D eigenvalue weighted by atomic mass is 10.4. The lowest BCUT2D eigenvalue weighted by molar-refractivity contribution is 0.395. The SMILES string of the molecule is CC(Cl)CNCCCN(C)C. The average molecular weight is 179 g/mol. The Kier molecular flexibility index (Phi) is 7.02. The number of nitrogens with zero attached hydrogens (tertiary/aromatic N) is 1. The molecule has 0 saturated carbocycles. The van der Waals surface area contributed by atoms with Gasteiger partial charge >= 0.3 is 0 Å². The molecule has 0 aliphatic heterocycles. The van der Waals surface area contributed by atoms with Gasteiger partial charge in [0.1, 0.15) is 0 Å². The Balaban J connectivity index is 2.91. The third-order valence-corrected chi connectivity index (χ3v) is 1.54. The van der Waals surface area contributed by atoms with Gasteiger partial charge in [-0.05, 0) is 40.5 Å². The third-order valence-electron chi connectivity index (χ3n) is 1.38. The van der Waals surface area contributed by atoms with E-state index in [9.17, 15) is 0 Å². The number of nitrogens with one attached hydrogen (secondary N) is 1. The molecule has 0 aromatic heterocycles. The van der Waals surface area contributed by atoms with Gasteiger partial charge in [0.05, 0.1) is 0 Å². The average Bonchev–Trinajstić information content (AvgIpc) is 1.85. The summed E-state index contributed by atoms with van der Waals surface area (Å²) < 4.78 is 0. The minimum Gasteiger partial charge on any atom is -0.315 e. The van der Waals surface area contributed by atoms with Crippen molar-refractivity contribution in [3.05, 3.63) is 0 Å². The number of hydrogen-bond acceptors (Lipinski definition) is 2. The fourth-order valence-electron chi connectivity index (χ4n) is 0.821. The van der Waals surface area contributed by atoms with Crippen molar-refractivity contribution in [2.75, 3.05) is 33.7 Å². The summed E-state index contributed by atoms with van der Waals surface area (Å²) in [6, 6.07) is 0. The van der Waals surface area contributed by atoms with Gasteiger partial charge in [-0.3, -0.25) is 0 Å². The van der Waals surface area contributed by atoms with E-state index in [4.69, 9.17) is 11.6 Å². The van der Waals surface area contributed by atoms with Gasteiger partial charge in [-0.15, -0.1) is 11.6 Å². The van der Waals surface area contributed by atoms with E-state index in [0.29, 0.717) is 0 Å². The largest absolute Gasteiger partial charge is 0.315 e. The first-order chi connectivity index (χ1) is 5.13. The highest BCUT2D eigenvalue weighted by Crippen LogP contribution is 1.89. The smallest absolute Gasteiger partial charge is 0.0432 e. The first-order valence-corrected chi connectivity index (χ1v) is 4.56. The predicted molar refractivity (Wildman–Crippen MR) is 51.4 cm³/mol. The van der Waals surface area contributed by atoms with Crippen LogP contribution in [0.15, 0.2) is 0 Å². The van der Waals surface area contributed by atoms with Crippen LogP contribution < -0.4 is 5.32 Å². The predicted octanol–water partition coefficient (Wildman–Crippen LogP) is 1.16. The fourth-order valence-corrected chi connectivity index (χ4v) is 0.930. The van der Waals surface area contributed by atoms with Crippen molar-refractivity contribution in [3.63, 3.8) is 0 Å². The molecule has 68 valence electrons. The third kappa shape index (κ3) is 10.2. The van der Waals surface area contributed by atoms with Gasteiger partial charge in [-0.2, -0.15) is 0 Å². The Hall–Kier alpha value is 0.210. The molecule has 0 aromatic carbocycles. The standard InChI is InChI=1S/C8H19ClN2/c1-8(9)7-10-5-4-6-11(2)3/h8,10H,4-7H2,1-3H3. The van der Waals surface area contributed by atoms with Crippen LogP contribution in [0, 0.1) is 0 Å². The van der Waals surface area contributed by atoms with Crippen molar-refractivity contribution in [2.24, 2.45) is 0 Å². The monoisotopic (exact) mass is 178 g/mol. The molecule has 0 rings (SSSR count). The Bertz CT molecular complexity index is 74.2. The molecular formula is C8H19ClN2. The number of alkyl halides is 1. The van der Waals surface area contributed by atoms with Gasteiger partial charge in [-0.1, -0.05) is 0 Å². The van der Waals surface area contributed by atoms with Crippen molar-refractivity contribution in [3.8, 4) is 0 Å². The van der Waals surface area contributed by atoms with Crippen LogP contribution in [0.1, 0.15) is 13.3 Å². The Morgan fingerprint density at radius 3 is 2.55 bits per heavy atom. The lowest BCUT2D eigenvalue weighted by Gasteiger charge is -2.10. The van der Waals surface area contributed by atoms with Crippen molar-refractivity contribution in [1.82, 2.24) is 10.2 Å². The molecule has 0 aromatic rings. The summed E-state index contributed by atoms with van der Waals surface area (Å²) in [5.74, 6) is 0. The van der Waals surface area contributed by atoms with Crippen LogP contribution in [-0.4, -0.2) is 44.0 Å². The first kappa shape index (κ1) is 11.2. The van der Waals surface area contributed by atoms with Gasteiger partial charge in [-0.25, -0.2) is 0 Å². The Labute approximate surface area is 74.9 Å². The Morgan fingerprint density at radius 2 is 2.09 bits per heavy atom. The van der Waals surface area contributed by atoms with Crippen LogP contribution >= 0.6 is 11.6 Å². The zero-order valence-electron chi connectivity index (χ0n) is 7.73. The van der Waals surface area contributed by atoms with E-state index < -0.39 is 0 Å². The second-order valence-corrected chi connectivity index (χ2v) is 3.89. The van der Waals surface area contributed by atoms with Gasteiger partial charge < -0.3 is 10.2 Å². The van der Waals surface area contributed by atoms with E-state index in [-0.39, 0.29) is 5.38 Å². The maximum Gasteiger partial charge on any atom is 0.0432 e. The first-order valence-electron chi connectivity index (χ1n) is 4.12. The van der Waals surface area contributed by atoms with Crippen molar-refractivity contribution in [2.45, 2.75) is 18.7 Å². The van der Waals surface area contributed by atoms with Gasteiger partial charge in [0.25, 0.3) is 0 Å². The molecule has 1 atom stereocenters. The molecule has 0 aliphatic carbocycles. The quantitative estimate of drug-likeness (QED) is 0.485. The molecule has 11 heavy (non-hydrogen) atoms. The highest BCUT2D eigenvalue weighted by Gasteiger charge is 1.94. The second-order valence-electron chi connectivity index (χ2n) is 3.14. The maximum atomic E-state index is 5.75. The number of halogens is 1. The molecule has 3 heteroatoms. The van der Waals surface area contributed by atoms with Crippen molar-refractivity contribution < 1.29 is 0 Å². The van der Waals surface area contributed by atoms with Crippen molar-refractivity contribution >= 4 is 11.6 Å². The molecular weight excluding hydrogens is 160 g/mol. The van der Waals surface area contributed by atoms with E-state index >= 15 is 0 Å². The molecule has 0 aliphatic rings. The van der Waals surface area contributed by atoms with Crippen LogP contribution in [-0.2, 0) is 0 Å². The Morgan fingerprint density at radius 1 is 1.45 bits per heavy atom. The summed E-state index contributed by atoms with van der Waals surface area (Å²) in [5, 5.41) is 3.53. The molecule has 0 spiro atoms. The van der Waals surface area contributed by atoms with E-state index in [1.54, 1.807) is 0 Å². The molecule has 0 heterocycles. The van der Waals surface area contributed by atoms with Crippen LogP contribution in [0.2, 0.25) is 0 Å². The highest BCUT2D eigenvalue weighted by molar-refractivity contribution is 6.20. The van der Waals surface area contributed by atoms with Crippen LogP contribution in [0.3, 0.4) is 0 Å². The molecule has 0 bridgehead atoms. The summed E-state index contributed by atoms with van der Waals surface area (Å²) in [6.07, 6.45) is 1.19. The van der Waals surface area contributed by atoms with Crippen LogP contribution in [0.5, 0.6) is 0 Å². The summed E-state index contributed by atoms with van der Waals surface area (Å²) in [6.45, 7) is 5.12. The molecule has 1 N–H and O–H groups in total. The minimum absolute atomic E-state index is 0.245. The normalized spacial score (nSPS) is 13.9. The number of rotatable bonds is 6. The van der Waals surface area contributed by atoms with E-state index in [1.807, 2.05) is 6.92 Å². The van der Waals surface area contributed by atoms with E-state index in [1.165, 1.54) is 6.42 Å². The highest BCUT2D eigenvalue weighted by atomic mass is 35.5. The molecule has 2 nitrogen and oxygen atoms in total. The minimum atomic E-state index is 0.245. The van der Waals surface area contributed by atoms with Crippen LogP contribution in [0.25, 0.3) is 0 Å². The summed E-state index contributed by atoms with van der Waals surface area (Å²) in [5.41, 5.74) is 0. The zero-order chi connectivity index (χ0) is 8.69. The van der Waals surface area contributed by atoms with Crippen LogP contribution in [0.4, 0.5) is 0 Å². The molecule has 1 unspecified atom stereocenters. The summed E-state index contributed by atoms with van der Waals surface area (Å²) >= 11 is 5.75. The molecule has 0 saturated heterocycles. The van der Waals surface area contributed by atoms with Gasteiger partial charge in [0.15, 0.2) is 0 Å². The molecule has 0 fully saturated rings. The summed E-state index contributed by atoms with van der Waals surface area (Å²) in [7, 11) is 4.17.